The first-order valence-electron chi connectivity index (χ1n) is 12.6. The van der Waals surface area contributed by atoms with Gasteiger partial charge in [0.05, 0.1) is 0 Å². The van der Waals surface area contributed by atoms with Crippen molar-refractivity contribution in [2.75, 3.05) is 11.9 Å². The van der Waals surface area contributed by atoms with Crippen molar-refractivity contribution in [3.05, 3.63) is 59.9 Å². The number of nitrogens with one attached hydrogen (secondary N) is 2. The van der Waals surface area contributed by atoms with Gasteiger partial charge in [0.1, 0.15) is 16.8 Å². The van der Waals surface area contributed by atoms with Gasteiger partial charge in [-0.05, 0) is 54.7 Å². The van der Waals surface area contributed by atoms with Crippen LogP contribution in [0, 0.1) is 17.7 Å². The maximum Gasteiger partial charge on any atom is 0.492 e. The fourth-order valence-electron chi connectivity index (χ4n) is 5.25. The van der Waals surface area contributed by atoms with E-state index < -0.39 is 50.7 Å². The summed E-state index contributed by atoms with van der Waals surface area (Å²) >= 11 is 0. The lowest BCUT2D eigenvalue weighted by Crippen LogP contribution is -2.47. The van der Waals surface area contributed by atoms with Crippen LogP contribution in [0.1, 0.15) is 48.9 Å². The normalized spacial score (nSPS) is 20.6. The van der Waals surface area contributed by atoms with E-state index in [0.29, 0.717) is 6.42 Å². The molecule has 1 aliphatic carbocycles. The summed E-state index contributed by atoms with van der Waals surface area (Å²) in [5.74, 6) is -5.40. The Hall–Kier alpha value is -3.52. The van der Waals surface area contributed by atoms with Gasteiger partial charge >= 0.3 is 12.1 Å². The molecule has 1 saturated carbocycles. The molecule has 1 heterocycles. The van der Waals surface area contributed by atoms with Crippen LogP contribution in [0.4, 0.5) is 23.2 Å². The van der Waals surface area contributed by atoms with Gasteiger partial charge in [0.2, 0.25) is 5.91 Å². The molecule has 40 heavy (non-hydrogen) atoms. The number of amides is 2. The Kier molecular flexibility index (Phi) is 8.78. The Bertz CT molecular complexity index is 1360. The Morgan fingerprint density at radius 1 is 0.925 bits per heavy atom. The highest BCUT2D eigenvalue weighted by atomic mass is 32.2. The molecule has 9 nitrogen and oxygen atoms in total. The van der Waals surface area contributed by atoms with Crippen molar-refractivity contribution in [1.82, 2.24) is 9.79 Å². The minimum Gasteiger partial charge on any atom is -0.360 e. The van der Waals surface area contributed by atoms with E-state index in [2.05, 4.69) is 10.2 Å². The smallest absolute Gasteiger partial charge is 0.360 e. The van der Waals surface area contributed by atoms with Gasteiger partial charge in [-0.2, -0.15) is 13.2 Å². The summed E-state index contributed by atoms with van der Waals surface area (Å²) in [6, 6.07) is 8.43. The summed E-state index contributed by atoms with van der Waals surface area (Å²) in [6.07, 6.45) is -0.301. The van der Waals surface area contributed by atoms with Crippen molar-refractivity contribution in [3.63, 3.8) is 0 Å². The van der Waals surface area contributed by atoms with Gasteiger partial charge in [-0.1, -0.05) is 44.2 Å². The van der Waals surface area contributed by atoms with Crippen LogP contribution in [0.5, 0.6) is 0 Å². The zero-order valence-corrected chi connectivity index (χ0v) is 21.9. The van der Waals surface area contributed by atoms with Gasteiger partial charge in [-0.15, -0.1) is 5.06 Å². The lowest BCUT2D eigenvalue weighted by molar-refractivity contribution is -0.241. The van der Waals surface area contributed by atoms with E-state index in [1.807, 2.05) is 0 Å². The summed E-state index contributed by atoms with van der Waals surface area (Å²) in [5, 5.41) is 3.38. The number of rotatable bonds is 7. The highest BCUT2D eigenvalue weighted by molar-refractivity contribution is 7.90. The second-order valence-electron chi connectivity index (χ2n) is 9.74. The number of anilines is 1. The first-order valence-corrected chi connectivity index (χ1v) is 14.1. The number of benzene rings is 2. The zero-order valence-electron chi connectivity index (χ0n) is 21.1. The maximum absolute atomic E-state index is 13.9. The minimum absolute atomic E-state index is 0.0311. The number of alkyl halides is 3. The highest BCUT2D eigenvalue weighted by Crippen LogP contribution is 2.40. The third kappa shape index (κ3) is 6.78. The molecule has 14 heteroatoms. The lowest BCUT2D eigenvalue weighted by Gasteiger charge is -2.32. The standard InChI is InChI=1S/C26H27F4N3O6S/c27-20-8-4-5-9-21(20)40(37,38)32-23(34)17-10-12-18(13-11-17)31-24(35)22-19(16-6-2-1-3-7-16)14-15-33(22)39-25(36)26(28,29)30/h4-5,8-13,16,19,22H,1-3,6-7,14-15H2,(H,31,35)(H,32,34)/t19-,22-/m0/s1. The van der Waals surface area contributed by atoms with Crippen molar-refractivity contribution >= 4 is 33.5 Å². The van der Waals surface area contributed by atoms with Crippen LogP contribution in [-0.2, 0) is 24.4 Å². The van der Waals surface area contributed by atoms with Crippen LogP contribution in [0.3, 0.4) is 0 Å². The molecule has 0 aromatic heterocycles. The molecule has 2 aromatic rings. The molecule has 2 fully saturated rings. The molecule has 0 spiro atoms. The molecule has 2 N–H and O–H groups in total. The molecule has 2 atom stereocenters. The Balaban J connectivity index is 1.46. The predicted molar refractivity (Wildman–Crippen MR) is 133 cm³/mol. The first-order chi connectivity index (χ1) is 18.9. The number of nitrogens with zero attached hydrogens (tertiary/aromatic N) is 1. The van der Waals surface area contributed by atoms with E-state index >= 15 is 0 Å². The van der Waals surface area contributed by atoms with E-state index in [0.717, 1.165) is 49.3 Å². The topological polar surface area (TPSA) is 122 Å². The maximum atomic E-state index is 13.9. The summed E-state index contributed by atoms with van der Waals surface area (Å²) in [7, 11) is -4.49. The highest BCUT2D eigenvalue weighted by Gasteiger charge is 2.49. The average Bonchev–Trinajstić information content (AvgIpc) is 3.32. The van der Waals surface area contributed by atoms with Crippen LogP contribution in [0.25, 0.3) is 0 Å². The molecule has 216 valence electrons. The SMILES string of the molecule is O=C(NS(=O)(=O)c1ccccc1F)c1ccc(NC(=O)[C@@H]2[C@H](C3CCCCC3)CCN2OC(=O)C(F)(F)F)cc1. The third-order valence-corrected chi connectivity index (χ3v) is 8.49. The van der Waals surface area contributed by atoms with Crippen LogP contribution in [0.2, 0.25) is 0 Å². The zero-order chi connectivity index (χ0) is 29.1. The number of hydrogen-bond acceptors (Lipinski definition) is 7. The van der Waals surface area contributed by atoms with E-state index in [-0.39, 0.29) is 29.6 Å². The molecule has 2 aromatic carbocycles. The summed E-state index contributed by atoms with van der Waals surface area (Å²) in [5.41, 5.74) is 0.0644. The van der Waals surface area contributed by atoms with E-state index in [9.17, 15) is 40.4 Å². The summed E-state index contributed by atoms with van der Waals surface area (Å²) in [4.78, 5) is 41.2. The number of sulfonamides is 1. The molecule has 0 radical (unpaired) electrons. The van der Waals surface area contributed by atoms with Crippen LogP contribution >= 0.6 is 0 Å². The summed E-state index contributed by atoms with van der Waals surface area (Å²) < 4.78 is 79.0. The van der Waals surface area contributed by atoms with Gasteiger partial charge in [-0.3, -0.25) is 9.59 Å². The quantitative estimate of drug-likeness (QED) is 0.468. The number of carbonyl (C=O) groups excluding carboxylic acids is 3. The molecular formula is C26H27F4N3O6S. The van der Waals surface area contributed by atoms with Crippen LogP contribution < -0.4 is 10.0 Å². The number of carbonyl (C=O) groups is 3. The van der Waals surface area contributed by atoms with Gasteiger partial charge in [0.15, 0.2) is 0 Å². The van der Waals surface area contributed by atoms with E-state index in [1.54, 1.807) is 4.72 Å². The Morgan fingerprint density at radius 3 is 2.20 bits per heavy atom. The van der Waals surface area contributed by atoms with Gasteiger partial charge in [0, 0.05) is 17.8 Å². The second kappa shape index (κ2) is 11.9. The van der Waals surface area contributed by atoms with Crippen LogP contribution in [0.15, 0.2) is 53.4 Å². The van der Waals surface area contributed by atoms with Crippen molar-refractivity contribution in [2.24, 2.45) is 11.8 Å². The predicted octanol–water partition coefficient (Wildman–Crippen LogP) is 4.17. The molecule has 4 rings (SSSR count). The van der Waals surface area contributed by atoms with Gasteiger partial charge in [0.25, 0.3) is 15.9 Å². The molecule has 2 amide bonds. The Labute approximate surface area is 227 Å². The van der Waals surface area contributed by atoms with Gasteiger partial charge < -0.3 is 10.2 Å². The minimum atomic E-state index is -5.22. The summed E-state index contributed by atoms with van der Waals surface area (Å²) in [6.45, 7) is -0.0311. The number of halogens is 4. The number of hydrogen-bond donors (Lipinski definition) is 2. The van der Waals surface area contributed by atoms with E-state index in [1.165, 1.54) is 36.4 Å². The first kappa shape index (κ1) is 29.5. The molecule has 0 unspecified atom stereocenters. The fourth-order valence-corrected chi connectivity index (χ4v) is 6.30. The van der Waals surface area contributed by atoms with Gasteiger partial charge in [-0.25, -0.2) is 22.3 Å². The molecule has 2 aliphatic rings. The molecule has 1 aliphatic heterocycles. The lowest BCUT2D eigenvalue weighted by atomic mass is 9.76. The average molecular weight is 586 g/mol. The monoisotopic (exact) mass is 585 g/mol. The molecule has 1 saturated heterocycles. The molecular weight excluding hydrogens is 558 g/mol. The fraction of sp³-hybridized carbons (Fsp3) is 0.423. The van der Waals surface area contributed by atoms with Crippen LogP contribution in [-0.4, -0.2) is 50.0 Å². The van der Waals surface area contributed by atoms with Crippen molar-refractivity contribution in [1.29, 1.82) is 0 Å². The van der Waals surface area contributed by atoms with Crippen molar-refractivity contribution < 1.29 is 45.2 Å². The molecule has 0 bridgehead atoms. The largest absolute Gasteiger partial charge is 0.492 e. The number of hydroxylamine groups is 2. The third-order valence-electron chi connectivity index (χ3n) is 7.12. The van der Waals surface area contributed by atoms with Crippen molar-refractivity contribution in [2.45, 2.75) is 55.6 Å². The second-order valence-corrected chi connectivity index (χ2v) is 11.4. The van der Waals surface area contributed by atoms with E-state index in [4.69, 9.17) is 0 Å². The van der Waals surface area contributed by atoms with Crippen molar-refractivity contribution in [3.8, 4) is 0 Å². The Morgan fingerprint density at radius 2 is 1.57 bits per heavy atom.